The zero-order chi connectivity index (χ0) is 18.7. The van der Waals surface area contributed by atoms with Gasteiger partial charge < -0.3 is 9.64 Å². The van der Waals surface area contributed by atoms with Gasteiger partial charge in [-0.3, -0.25) is 4.79 Å². The minimum Gasteiger partial charge on any atom is -0.452 e. The fourth-order valence-electron chi connectivity index (χ4n) is 3.79. The molecule has 1 saturated carbocycles. The van der Waals surface area contributed by atoms with Crippen LogP contribution in [0.3, 0.4) is 0 Å². The van der Waals surface area contributed by atoms with Crippen LogP contribution < -0.4 is 0 Å². The van der Waals surface area contributed by atoms with Crippen molar-refractivity contribution in [2.24, 2.45) is 0 Å². The van der Waals surface area contributed by atoms with Gasteiger partial charge in [-0.2, -0.15) is 0 Å². The summed E-state index contributed by atoms with van der Waals surface area (Å²) in [6, 6.07) is 5.01. The summed E-state index contributed by atoms with van der Waals surface area (Å²) >= 11 is 0. The lowest BCUT2D eigenvalue weighted by Crippen LogP contribution is -2.48. The number of hydrogen-bond donors (Lipinski definition) is 0. The van der Waals surface area contributed by atoms with E-state index in [4.69, 9.17) is 4.74 Å². The Kier molecular flexibility index (Phi) is 5.60. The number of benzene rings is 1. The van der Waals surface area contributed by atoms with Crippen molar-refractivity contribution in [3.8, 4) is 0 Å². The van der Waals surface area contributed by atoms with E-state index in [1.165, 1.54) is 18.2 Å². The fourth-order valence-corrected chi connectivity index (χ4v) is 5.50. The van der Waals surface area contributed by atoms with Crippen molar-refractivity contribution < 1.29 is 27.1 Å². The highest BCUT2D eigenvalue weighted by atomic mass is 32.2. The number of carbonyl (C=O) groups excluding carboxylic acids is 2. The monoisotopic (exact) mass is 383 g/mol. The van der Waals surface area contributed by atoms with Crippen molar-refractivity contribution in [3.63, 3.8) is 0 Å². The second-order valence-electron chi connectivity index (χ2n) is 6.85. The molecule has 3 rings (SSSR count). The number of hydrogen-bond acceptors (Lipinski definition) is 5. The van der Waals surface area contributed by atoms with Gasteiger partial charge >= 0.3 is 5.97 Å². The Labute approximate surface area is 152 Å². The van der Waals surface area contributed by atoms with Gasteiger partial charge in [0, 0.05) is 12.1 Å². The topological polar surface area (TPSA) is 80.8 Å². The lowest BCUT2D eigenvalue weighted by molar-refractivity contribution is -0.139. The number of sulfone groups is 1. The van der Waals surface area contributed by atoms with Gasteiger partial charge in [0.2, 0.25) is 0 Å². The van der Waals surface area contributed by atoms with Crippen LogP contribution in [0.2, 0.25) is 0 Å². The van der Waals surface area contributed by atoms with Gasteiger partial charge in [0.15, 0.2) is 16.4 Å². The number of carbonyl (C=O) groups is 2. The summed E-state index contributed by atoms with van der Waals surface area (Å²) in [7, 11) is -3.13. The summed E-state index contributed by atoms with van der Waals surface area (Å²) in [6.07, 6.45) is 4.03. The van der Waals surface area contributed by atoms with Crippen LogP contribution in [0, 0.1) is 5.82 Å². The first-order chi connectivity index (χ1) is 12.4. The van der Waals surface area contributed by atoms with Crippen LogP contribution in [0.1, 0.15) is 42.5 Å². The molecule has 1 aliphatic heterocycles. The molecule has 0 spiro atoms. The molecule has 142 valence electrons. The molecule has 26 heavy (non-hydrogen) atoms. The first kappa shape index (κ1) is 18.8. The smallest absolute Gasteiger partial charge is 0.341 e. The van der Waals surface area contributed by atoms with Crippen LogP contribution in [0.25, 0.3) is 0 Å². The lowest BCUT2D eigenvalue weighted by atomic mass is 10.1. The molecule has 1 saturated heterocycles. The van der Waals surface area contributed by atoms with Crippen LogP contribution in [0.5, 0.6) is 0 Å². The van der Waals surface area contributed by atoms with E-state index >= 15 is 0 Å². The van der Waals surface area contributed by atoms with Crippen molar-refractivity contribution in [2.75, 3.05) is 18.1 Å². The molecule has 0 aromatic heterocycles. The standard InChI is InChI=1S/C18H22FNO5S/c19-16-8-4-3-7-15(16)18(22)25-11-17(21)20(13-5-1-2-6-13)14-9-10-26(23,24)12-14/h3-4,7-8,13-14H,1-2,5-6,9-12H2/t14-/m0/s1. The molecule has 0 bridgehead atoms. The largest absolute Gasteiger partial charge is 0.452 e. The quantitative estimate of drug-likeness (QED) is 0.726. The molecule has 8 heteroatoms. The van der Waals surface area contributed by atoms with Gasteiger partial charge in [-0.15, -0.1) is 0 Å². The zero-order valence-corrected chi connectivity index (χ0v) is 15.2. The molecule has 6 nitrogen and oxygen atoms in total. The van der Waals surface area contributed by atoms with E-state index in [-0.39, 0.29) is 29.2 Å². The second-order valence-corrected chi connectivity index (χ2v) is 9.08. The third kappa shape index (κ3) is 4.23. The van der Waals surface area contributed by atoms with Crippen molar-refractivity contribution >= 4 is 21.7 Å². The van der Waals surface area contributed by atoms with Gasteiger partial charge in [0.25, 0.3) is 5.91 Å². The van der Waals surface area contributed by atoms with Crippen molar-refractivity contribution in [1.29, 1.82) is 0 Å². The van der Waals surface area contributed by atoms with Crippen molar-refractivity contribution in [1.82, 2.24) is 4.90 Å². The van der Waals surface area contributed by atoms with Crippen LogP contribution in [-0.2, 0) is 19.4 Å². The molecule has 1 aliphatic carbocycles. The summed E-state index contributed by atoms with van der Waals surface area (Å²) in [6.45, 7) is -0.514. The van der Waals surface area contributed by atoms with Gasteiger partial charge in [0.1, 0.15) is 5.82 Å². The Balaban J connectivity index is 1.68. The molecule has 2 aliphatic rings. The summed E-state index contributed by atoms with van der Waals surface area (Å²) in [4.78, 5) is 26.3. The molecule has 0 unspecified atom stereocenters. The second kappa shape index (κ2) is 7.73. The number of esters is 1. The number of rotatable bonds is 5. The maximum absolute atomic E-state index is 13.6. The van der Waals surface area contributed by atoms with E-state index in [0.29, 0.717) is 6.42 Å². The maximum Gasteiger partial charge on any atom is 0.341 e. The van der Waals surface area contributed by atoms with E-state index in [0.717, 1.165) is 31.7 Å². The molecule has 0 N–H and O–H groups in total. The Bertz CT molecular complexity index is 789. The highest BCUT2D eigenvalue weighted by molar-refractivity contribution is 7.91. The van der Waals surface area contributed by atoms with Crippen LogP contribution >= 0.6 is 0 Å². The van der Waals surface area contributed by atoms with E-state index in [2.05, 4.69) is 0 Å². The first-order valence-corrected chi connectivity index (χ1v) is 10.6. The zero-order valence-electron chi connectivity index (χ0n) is 14.4. The summed E-state index contributed by atoms with van der Waals surface area (Å²) in [5, 5.41) is 0. The normalized spacial score (nSPS) is 22.3. The molecule has 2 fully saturated rings. The van der Waals surface area contributed by atoms with E-state index in [1.54, 1.807) is 4.90 Å². The molecule has 1 aromatic carbocycles. The van der Waals surface area contributed by atoms with Gasteiger partial charge in [-0.1, -0.05) is 25.0 Å². The van der Waals surface area contributed by atoms with Gasteiger partial charge in [-0.25, -0.2) is 17.6 Å². The summed E-state index contributed by atoms with van der Waals surface area (Å²) < 4.78 is 42.3. The van der Waals surface area contributed by atoms with Gasteiger partial charge in [0.05, 0.1) is 17.1 Å². The van der Waals surface area contributed by atoms with Crippen molar-refractivity contribution in [2.45, 2.75) is 44.2 Å². The Hall–Kier alpha value is -1.96. The van der Waals surface area contributed by atoms with E-state index in [9.17, 15) is 22.4 Å². The maximum atomic E-state index is 13.6. The number of nitrogens with zero attached hydrogens (tertiary/aromatic N) is 1. The summed E-state index contributed by atoms with van der Waals surface area (Å²) in [5.74, 6) is -2.00. The highest BCUT2D eigenvalue weighted by Crippen LogP contribution is 2.29. The Morgan fingerprint density at radius 3 is 2.42 bits per heavy atom. The van der Waals surface area contributed by atoms with Gasteiger partial charge in [-0.05, 0) is 31.4 Å². The Morgan fingerprint density at radius 2 is 1.81 bits per heavy atom. The summed E-state index contributed by atoms with van der Waals surface area (Å²) in [5.41, 5.74) is -0.226. The molecular weight excluding hydrogens is 361 g/mol. The van der Waals surface area contributed by atoms with Crippen LogP contribution in [0.15, 0.2) is 24.3 Å². The first-order valence-electron chi connectivity index (χ1n) is 8.80. The minimum atomic E-state index is -3.13. The molecule has 1 amide bonds. The predicted octanol–water partition coefficient (Wildman–Crippen LogP) is 1.94. The molecule has 1 aromatic rings. The van der Waals surface area contributed by atoms with E-state index < -0.39 is 34.1 Å². The predicted molar refractivity (Wildman–Crippen MR) is 92.8 cm³/mol. The van der Waals surface area contributed by atoms with Crippen LogP contribution in [0.4, 0.5) is 4.39 Å². The highest BCUT2D eigenvalue weighted by Gasteiger charge is 2.39. The average Bonchev–Trinajstić information content (AvgIpc) is 3.23. The fraction of sp³-hybridized carbons (Fsp3) is 0.556. The SMILES string of the molecule is O=C(OCC(=O)N(C1CCCC1)[C@H]1CCS(=O)(=O)C1)c1ccccc1F. The third-order valence-corrected chi connectivity index (χ3v) is 6.78. The number of halogens is 1. The van der Waals surface area contributed by atoms with Crippen LogP contribution in [-0.4, -0.2) is 55.4 Å². The third-order valence-electron chi connectivity index (χ3n) is 5.03. The number of amides is 1. The lowest BCUT2D eigenvalue weighted by Gasteiger charge is -2.33. The number of ether oxygens (including phenoxy) is 1. The average molecular weight is 383 g/mol. The minimum absolute atomic E-state index is 0.0204. The van der Waals surface area contributed by atoms with Crippen molar-refractivity contribution in [3.05, 3.63) is 35.6 Å². The molecular formula is C18H22FNO5S. The molecule has 1 heterocycles. The Morgan fingerprint density at radius 1 is 1.12 bits per heavy atom. The molecule has 1 atom stereocenters. The molecule has 0 radical (unpaired) electrons. The van der Waals surface area contributed by atoms with E-state index in [1.807, 2.05) is 0 Å².